The third-order valence-electron chi connectivity index (χ3n) is 6.73. The molecule has 0 aliphatic heterocycles. The van der Waals surface area contributed by atoms with Gasteiger partial charge in [0.1, 0.15) is 6.07 Å². The molecule has 1 aromatic rings. The Morgan fingerprint density at radius 3 is 2.31 bits per heavy atom. The molecule has 4 aliphatic rings. The van der Waals surface area contributed by atoms with Crippen LogP contribution in [0.25, 0.3) is 0 Å². The highest BCUT2D eigenvalue weighted by molar-refractivity contribution is 5.75. The highest BCUT2D eigenvalue weighted by Gasteiger charge is 2.51. The van der Waals surface area contributed by atoms with Crippen LogP contribution in [0.4, 0.5) is 4.79 Å². The highest BCUT2D eigenvalue weighted by Crippen LogP contribution is 2.55. The lowest BCUT2D eigenvalue weighted by molar-refractivity contribution is -0.147. The van der Waals surface area contributed by atoms with Crippen molar-refractivity contribution in [3.8, 4) is 6.07 Å². The van der Waals surface area contributed by atoms with Gasteiger partial charge in [-0.1, -0.05) is 30.3 Å². The van der Waals surface area contributed by atoms with E-state index >= 15 is 0 Å². The molecule has 29 heavy (non-hydrogen) atoms. The van der Waals surface area contributed by atoms with Crippen LogP contribution in [-0.4, -0.2) is 24.1 Å². The minimum absolute atomic E-state index is 0.00648. The molecular formula is C23H29N3O3. The number of urea groups is 1. The SMILES string of the molecule is N#CC(OC(=O)CCCNC(=O)NC12CC3CC(CC(C3)C1)C2)c1ccccc1. The average molecular weight is 396 g/mol. The van der Waals surface area contributed by atoms with Gasteiger partial charge >= 0.3 is 12.0 Å². The van der Waals surface area contributed by atoms with Crippen molar-refractivity contribution in [2.24, 2.45) is 17.8 Å². The summed E-state index contributed by atoms with van der Waals surface area (Å²) in [5.41, 5.74) is 0.657. The second-order valence-corrected chi connectivity index (χ2v) is 9.09. The van der Waals surface area contributed by atoms with Gasteiger partial charge in [-0.15, -0.1) is 0 Å². The molecule has 4 aliphatic carbocycles. The van der Waals surface area contributed by atoms with Crippen LogP contribution in [0.15, 0.2) is 30.3 Å². The average Bonchev–Trinajstić information content (AvgIpc) is 2.68. The van der Waals surface area contributed by atoms with Crippen LogP contribution in [0.5, 0.6) is 0 Å². The molecule has 5 rings (SSSR count). The van der Waals surface area contributed by atoms with Gasteiger partial charge in [-0.25, -0.2) is 4.79 Å². The van der Waals surface area contributed by atoms with Gasteiger partial charge in [-0.3, -0.25) is 4.79 Å². The minimum Gasteiger partial charge on any atom is -0.442 e. The first kappa shape index (κ1) is 19.8. The fourth-order valence-corrected chi connectivity index (χ4v) is 5.97. The molecule has 6 heteroatoms. The van der Waals surface area contributed by atoms with E-state index in [2.05, 4.69) is 10.6 Å². The number of rotatable bonds is 7. The topological polar surface area (TPSA) is 91.2 Å². The van der Waals surface area contributed by atoms with E-state index in [4.69, 9.17) is 4.74 Å². The van der Waals surface area contributed by atoms with Gasteiger partial charge in [0.2, 0.25) is 6.10 Å². The van der Waals surface area contributed by atoms with Crippen LogP contribution in [-0.2, 0) is 9.53 Å². The maximum absolute atomic E-state index is 12.4. The molecule has 2 amide bonds. The van der Waals surface area contributed by atoms with Gasteiger partial charge in [0.15, 0.2) is 0 Å². The molecule has 0 spiro atoms. The molecule has 1 unspecified atom stereocenters. The summed E-state index contributed by atoms with van der Waals surface area (Å²) in [6.45, 7) is 0.413. The van der Waals surface area contributed by atoms with Gasteiger partial charge in [0.05, 0.1) is 0 Å². The number of esters is 1. The molecule has 2 N–H and O–H groups in total. The molecule has 0 heterocycles. The monoisotopic (exact) mass is 395 g/mol. The maximum Gasteiger partial charge on any atom is 0.315 e. The van der Waals surface area contributed by atoms with Crippen molar-refractivity contribution >= 4 is 12.0 Å². The molecule has 0 saturated heterocycles. The van der Waals surface area contributed by atoms with Gasteiger partial charge < -0.3 is 15.4 Å². The Hall–Kier alpha value is -2.55. The first-order valence-electron chi connectivity index (χ1n) is 10.8. The molecule has 1 atom stereocenters. The van der Waals surface area contributed by atoms with Crippen molar-refractivity contribution in [1.82, 2.24) is 10.6 Å². The van der Waals surface area contributed by atoms with Crippen molar-refractivity contribution in [2.75, 3.05) is 6.54 Å². The van der Waals surface area contributed by atoms with Crippen molar-refractivity contribution in [2.45, 2.75) is 63.0 Å². The Morgan fingerprint density at radius 1 is 1.10 bits per heavy atom. The normalized spacial score (nSPS) is 30.2. The van der Waals surface area contributed by atoms with Crippen LogP contribution in [0.2, 0.25) is 0 Å². The van der Waals surface area contributed by atoms with Gasteiger partial charge in [-0.2, -0.15) is 5.26 Å². The quantitative estimate of drug-likeness (QED) is 0.542. The number of carbonyl (C=O) groups is 2. The van der Waals surface area contributed by atoms with E-state index in [-0.39, 0.29) is 18.0 Å². The largest absolute Gasteiger partial charge is 0.442 e. The summed E-state index contributed by atoms with van der Waals surface area (Å²) in [5.74, 6) is 1.93. The number of nitriles is 1. The standard InChI is InChI=1S/C23H29N3O3/c24-15-20(19-5-2-1-3-6-19)29-21(27)7-4-8-25-22(28)26-23-12-16-9-17(13-23)11-18(10-16)14-23/h1-3,5-6,16-18,20H,4,7-14H2,(H2,25,26,28). The molecule has 154 valence electrons. The predicted octanol–water partition coefficient (Wildman–Crippen LogP) is 3.84. The van der Waals surface area contributed by atoms with Crippen LogP contribution in [0, 0.1) is 29.1 Å². The van der Waals surface area contributed by atoms with Crippen molar-refractivity contribution in [1.29, 1.82) is 5.26 Å². The molecule has 1 aromatic carbocycles. The summed E-state index contributed by atoms with van der Waals surface area (Å²) in [6, 6.07) is 10.9. The van der Waals surface area contributed by atoms with Crippen molar-refractivity contribution in [3.05, 3.63) is 35.9 Å². The van der Waals surface area contributed by atoms with Crippen molar-refractivity contribution < 1.29 is 14.3 Å². The van der Waals surface area contributed by atoms with Crippen LogP contribution in [0.3, 0.4) is 0 Å². The molecule has 6 nitrogen and oxygen atoms in total. The molecule has 4 fully saturated rings. The number of carbonyl (C=O) groups excluding carboxylic acids is 2. The zero-order valence-electron chi connectivity index (χ0n) is 16.7. The van der Waals surface area contributed by atoms with Crippen LogP contribution >= 0.6 is 0 Å². The summed E-state index contributed by atoms with van der Waals surface area (Å²) < 4.78 is 5.26. The summed E-state index contributed by atoms with van der Waals surface area (Å²) in [5, 5.41) is 15.4. The lowest BCUT2D eigenvalue weighted by atomic mass is 9.53. The zero-order valence-corrected chi connectivity index (χ0v) is 16.7. The van der Waals surface area contributed by atoms with E-state index in [1.165, 1.54) is 19.3 Å². The number of hydrogen-bond acceptors (Lipinski definition) is 4. The predicted molar refractivity (Wildman–Crippen MR) is 108 cm³/mol. The minimum atomic E-state index is -0.893. The summed E-state index contributed by atoms with van der Waals surface area (Å²) >= 11 is 0. The van der Waals surface area contributed by atoms with Gasteiger partial charge in [0, 0.05) is 24.1 Å². The second-order valence-electron chi connectivity index (χ2n) is 9.09. The van der Waals surface area contributed by atoms with E-state index in [9.17, 15) is 14.9 Å². The van der Waals surface area contributed by atoms with E-state index in [0.717, 1.165) is 37.0 Å². The maximum atomic E-state index is 12.4. The van der Waals surface area contributed by atoms with E-state index in [1.807, 2.05) is 12.1 Å². The lowest BCUT2D eigenvalue weighted by Gasteiger charge is -2.56. The number of hydrogen-bond donors (Lipinski definition) is 2. The number of benzene rings is 1. The Morgan fingerprint density at radius 2 is 1.72 bits per heavy atom. The Bertz CT molecular complexity index is 751. The summed E-state index contributed by atoms with van der Waals surface area (Å²) in [4.78, 5) is 24.4. The Labute approximate surface area is 172 Å². The zero-order chi connectivity index (χ0) is 20.3. The fraction of sp³-hybridized carbons (Fsp3) is 0.609. The van der Waals surface area contributed by atoms with E-state index in [0.29, 0.717) is 18.5 Å². The van der Waals surface area contributed by atoms with E-state index < -0.39 is 12.1 Å². The number of nitrogens with one attached hydrogen (secondary N) is 2. The van der Waals surface area contributed by atoms with Crippen molar-refractivity contribution in [3.63, 3.8) is 0 Å². The van der Waals surface area contributed by atoms with Crippen LogP contribution < -0.4 is 10.6 Å². The number of ether oxygens (including phenoxy) is 1. The number of nitrogens with zero attached hydrogens (tertiary/aromatic N) is 1. The molecule has 4 bridgehead atoms. The lowest BCUT2D eigenvalue weighted by Crippen LogP contribution is -2.61. The Kier molecular flexibility index (Phi) is 5.75. The first-order chi connectivity index (χ1) is 14.0. The molecular weight excluding hydrogens is 366 g/mol. The fourth-order valence-electron chi connectivity index (χ4n) is 5.97. The molecule has 4 saturated carbocycles. The highest BCUT2D eigenvalue weighted by atomic mass is 16.5. The summed E-state index contributed by atoms with van der Waals surface area (Å²) in [7, 11) is 0. The third kappa shape index (κ3) is 4.72. The van der Waals surface area contributed by atoms with Gasteiger partial charge in [-0.05, 0) is 62.7 Å². The number of amides is 2. The van der Waals surface area contributed by atoms with E-state index in [1.54, 1.807) is 24.3 Å². The Balaban J connectivity index is 1.17. The molecule has 0 radical (unpaired) electrons. The first-order valence-corrected chi connectivity index (χ1v) is 10.8. The summed E-state index contributed by atoms with van der Waals surface area (Å²) in [6.07, 6.45) is 7.15. The molecule has 0 aromatic heterocycles. The van der Waals surface area contributed by atoms with Gasteiger partial charge in [0.25, 0.3) is 0 Å². The second kappa shape index (κ2) is 8.44. The van der Waals surface area contributed by atoms with Crippen LogP contribution in [0.1, 0.15) is 63.0 Å². The third-order valence-corrected chi connectivity index (χ3v) is 6.73. The smallest absolute Gasteiger partial charge is 0.315 e.